The standard InChI is InChI=1S/3C6H5I.3FH/c3*7-6-4-2-1-3-5-6;;;/h3*1-5H;3*1H. The SMILES string of the molecule is F.F.F.Ic1ccccc1.Ic1ccccc1.Ic1ccccc1. The zero-order valence-corrected chi connectivity index (χ0v) is 19.0. The number of rotatable bonds is 0. The molecule has 0 bridgehead atoms. The van der Waals surface area contributed by atoms with Crippen molar-refractivity contribution in [3.63, 3.8) is 0 Å². The lowest BCUT2D eigenvalue weighted by molar-refractivity contribution is 1.11. The van der Waals surface area contributed by atoms with Crippen molar-refractivity contribution in [2.45, 2.75) is 0 Å². The van der Waals surface area contributed by atoms with Crippen LogP contribution in [-0.2, 0) is 0 Å². The second kappa shape index (κ2) is 19.0. The summed E-state index contributed by atoms with van der Waals surface area (Å²) in [6.45, 7) is 0. The van der Waals surface area contributed by atoms with Crippen LogP contribution in [-0.4, -0.2) is 0 Å². The fourth-order valence-electron chi connectivity index (χ4n) is 1.24. The van der Waals surface area contributed by atoms with Gasteiger partial charge in [-0.25, -0.2) is 0 Å². The van der Waals surface area contributed by atoms with E-state index in [0.29, 0.717) is 0 Å². The number of hydrogen-bond acceptors (Lipinski definition) is 0. The van der Waals surface area contributed by atoms with Crippen LogP contribution in [0.1, 0.15) is 0 Å². The van der Waals surface area contributed by atoms with Crippen molar-refractivity contribution >= 4 is 67.8 Å². The molecule has 0 saturated carbocycles. The second-order valence-electron chi connectivity index (χ2n) is 3.89. The van der Waals surface area contributed by atoms with E-state index in [1.54, 1.807) is 0 Å². The van der Waals surface area contributed by atoms with Gasteiger partial charge in [-0.3, -0.25) is 14.1 Å². The van der Waals surface area contributed by atoms with E-state index in [9.17, 15) is 0 Å². The summed E-state index contributed by atoms with van der Waals surface area (Å²) in [6.07, 6.45) is 0. The highest BCUT2D eigenvalue weighted by Gasteiger charge is 1.75. The molecule has 3 aromatic rings. The lowest BCUT2D eigenvalue weighted by Gasteiger charge is -1.80. The van der Waals surface area contributed by atoms with E-state index >= 15 is 0 Å². The lowest BCUT2D eigenvalue weighted by Crippen LogP contribution is -1.61. The van der Waals surface area contributed by atoms with Gasteiger partial charge in [-0.05, 0) is 104 Å². The maximum atomic E-state index is 2.28. The van der Waals surface area contributed by atoms with Gasteiger partial charge < -0.3 is 0 Å². The minimum atomic E-state index is 0. The topological polar surface area (TPSA) is 0 Å². The molecule has 0 nitrogen and oxygen atoms in total. The molecule has 0 fully saturated rings. The number of hydrogen-bond donors (Lipinski definition) is 0. The van der Waals surface area contributed by atoms with Crippen LogP contribution < -0.4 is 0 Å². The highest BCUT2D eigenvalue weighted by Crippen LogP contribution is 2.01. The second-order valence-corrected chi connectivity index (χ2v) is 7.62. The molecule has 0 N–H and O–H groups in total. The van der Waals surface area contributed by atoms with Crippen LogP contribution in [0.15, 0.2) is 91.0 Å². The van der Waals surface area contributed by atoms with E-state index in [2.05, 4.69) is 104 Å². The molecule has 0 saturated heterocycles. The first kappa shape index (κ1) is 28.4. The summed E-state index contributed by atoms with van der Waals surface area (Å²) < 4.78 is 3.88. The summed E-state index contributed by atoms with van der Waals surface area (Å²) in [7, 11) is 0. The molecule has 0 aliphatic heterocycles. The molecule has 3 rings (SSSR count). The van der Waals surface area contributed by atoms with Crippen molar-refractivity contribution in [2.75, 3.05) is 0 Å². The molecule has 0 heterocycles. The Bertz CT molecular complexity index is 505. The maximum Gasteiger partial charge on any atom is 0.0130 e. The Morgan fingerprint density at radius 3 is 0.583 bits per heavy atom. The van der Waals surface area contributed by atoms with E-state index in [-0.39, 0.29) is 14.1 Å². The van der Waals surface area contributed by atoms with E-state index in [4.69, 9.17) is 0 Å². The first-order valence-corrected chi connectivity index (χ1v) is 9.54. The fraction of sp³-hybridized carbons (Fsp3) is 0. The molecular weight excluding hydrogens is 654 g/mol. The maximum absolute atomic E-state index is 2.28. The molecule has 0 aliphatic carbocycles. The largest absolute Gasteiger partial charge is 0.269 e. The van der Waals surface area contributed by atoms with Crippen LogP contribution in [0, 0.1) is 10.7 Å². The van der Waals surface area contributed by atoms with Gasteiger partial charge in [-0.1, -0.05) is 54.6 Å². The van der Waals surface area contributed by atoms with Gasteiger partial charge in [-0.2, -0.15) is 0 Å². The fourth-order valence-corrected chi connectivity index (χ4v) is 2.49. The molecule has 132 valence electrons. The average molecular weight is 672 g/mol. The van der Waals surface area contributed by atoms with Crippen molar-refractivity contribution in [1.82, 2.24) is 0 Å². The van der Waals surface area contributed by atoms with Gasteiger partial charge in [0.2, 0.25) is 0 Å². The molecule has 0 spiro atoms. The van der Waals surface area contributed by atoms with E-state index in [1.807, 2.05) is 54.6 Å². The highest BCUT2D eigenvalue weighted by atomic mass is 127. The Morgan fingerprint density at radius 1 is 0.333 bits per heavy atom. The summed E-state index contributed by atoms with van der Waals surface area (Å²) >= 11 is 6.84. The first-order valence-electron chi connectivity index (χ1n) is 6.30. The average Bonchev–Trinajstić information content (AvgIpc) is 2.51. The smallest absolute Gasteiger partial charge is 0.0130 e. The van der Waals surface area contributed by atoms with Crippen molar-refractivity contribution in [3.8, 4) is 0 Å². The Morgan fingerprint density at radius 2 is 0.500 bits per heavy atom. The molecule has 0 unspecified atom stereocenters. The minimum Gasteiger partial charge on any atom is -0.269 e. The van der Waals surface area contributed by atoms with E-state index in [0.717, 1.165) is 0 Å². The monoisotopic (exact) mass is 672 g/mol. The van der Waals surface area contributed by atoms with Gasteiger partial charge in [0.25, 0.3) is 0 Å². The van der Waals surface area contributed by atoms with Crippen molar-refractivity contribution in [3.05, 3.63) is 102 Å². The third kappa shape index (κ3) is 16.5. The van der Waals surface area contributed by atoms with Crippen LogP contribution >= 0.6 is 67.8 Å². The zero-order chi connectivity index (χ0) is 15.3. The Balaban J connectivity index is -0.000000259. The quantitative estimate of drug-likeness (QED) is 0.220. The predicted octanol–water partition coefficient (Wildman–Crippen LogP) is 7.33. The van der Waals surface area contributed by atoms with Gasteiger partial charge in [-0.15, -0.1) is 0 Å². The lowest BCUT2D eigenvalue weighted by atomic mass is 10.4. The highest BCUT2D eigenvalue weighted by molar-refractivity contribution is 14.1. The molecule has 0 aromatic heterocycles. The van der Waals surface area contributed by atoms with Crippen LogP contribution in [0.25, 0.3) is 0 Å². The molecule has 0 amide bonds. The molecule has 0 radical (unpaired) electrons. The molecule has 24 heavy (non-hydrogen) atoms. The molecule has 0 atom stereocenters. The molecule has 6 heteroatoms. The summed E-state index contributed by atoms with van der Waals surface area (Å²) in [5.74, 6) is 0. The van der Waals surface area contributed by atoms with Gasteiger partial charge in [0.15, 0.2) is 0 Å². The van der Waals surface area contributed by atoms with Crippen LogP contribution in [0.5, 0.6) is 0 Å². The van der Waals surface area contributed by atoms with Gasteiger partial charge >= 0.3 is 0 Å². The summed E-state index contributed by atoms with van der Waals surface area (Å²) in [4.78, 5) is 0. The van der Waals surface area contributed by atoms with Crippen LogP contribution in [0.4, 0.5) is 14.1 Å². The summed E-state index contributed by atoms with van der Waals surface area (Å²) in [5, 5.41) is 0. The predicted molar refractivity (Wildman–Crippen MR) is 125 cm³/mol. The van der Waals surface area contributed by atoms with Gasteiger partial charge in [0.1, 0.15) is 0 Å². The summed E-state index contributed by atoms with van der Waals surface area (Å²) in [5.41, 5.74) is 0. The minimum absolute atomic E-state index is 0. The molecule has 0 aliphatic rings. The van der Waals surface area contributed by atoms with Crippen molar-refractivity contribution in [2.24, 2.45) is 0 Å². The van der Waals surface area contributed by atoms with E-state index in [1.165, 1.54) is 10.7 Å². The Kier molecular flexibility index (Phi) is 22.5. The zero-order valence-electron chi connectivity index (χ0n) is 12.5. The number of halogens is 6. The number of benzene rings is 3. The Hall–Kier alpha value is -0.360. The summed E-state index contributed by atoms with van der Waals surface area (Å²) in [6, 6.07) is 30.6. The van der Waals surface area contributed by atoms with Gasteiger partial charge in [0.05, 0.1) is 0 Å². The van der Waals surface area contributed by atoms with Crippen molar-refractivity contribution in [1.29, 1.82) is 0 Å². The third-order valence-corrected chi connectivity index (χ3v) is 4.36. The normalized spacial score (nSPS) is 7.62. The van der Waals surface area contributed by atoms with Crippen molar-refractivity contribution < 1.29 is 14.1 Å². The van der Waals surface area contributed by atoms with Crippen LogP contribution in [0.2, 0.25) is 0 Å². The molecule has 3 aromatic carbocycles. The van der Waals surface area contributed by atoms with E-state index < -0.39 is 0 Å². The van der Waals surface area contributed by atoms with Crippen LogP contribution in [0.3, 0.4) is 0 Å². The molecular formula is C18H18F3I3. The van der Waals surface area contributed by atoms with Gasteiger partial charge in [0, 0.05) is 10.7 Å². The third-order valence-electron chi connectivity index (χ3n) is 2.20. The first-order chi connectivity index (χ1) is 10.2. The Labute approximate surface area is 182 Å².